The van der Waals surface area contributed by atoms with Crippen LogP contribution in [0.5, 0.6) is 0 Å². The molecule has 0 heterocycles. The number of nitrogens with one attached hydrogen (secondary N) is 1. The highest BCUT2D eigenvalue weighted by molar-refractivity contribution is 5.84. The Morgan fingerprint density at radius 2 is 2.05 bits per heavy atom. The quantitative estimate of drug-likeness (QED) is 0.696. The molecule has 1 fully saturated rings. The van der Waals surface area contributed by atoms with Crippen molar-refractivity contribution in [2.45, 2.75) is 64.5 Å². The summed E-state index contributed by atoms with van der Waals surface area (Å²) in [6.45, 7) is 7.20. The summed E-state index contributed by atoms with van der Waals surface area (Å²) in [6, 6.07) is 0. The van der Waals surface area contributed by atoms with Crippen LogP contribution in [0.4, 0.5) is 0 Å². The standard InChI is InChI=1S/C15H30N2O2/c1-11-6-7-13(10-12(11)2)19-9-5-8-15(3,17-4)14(16)18/h11-13,17H,5-10H2,1-4H3,(H2,16,18). The second-order valence-corrected chi connectivity index (χ2v) is 6.31. The third kappa shape index (κ3) is 4.77. The van der Waals surface area contributed by atoms with Crippen LogP contribution >= 0.6 is 0 Å². The Kier molecular flexibility index (Phi) is 6.27. The SMILES string of the molecule is CNC(C)(CCCOC1CCC(C)C(C)C1)C(N)=O. The summed E-state index contributed by atoms with van der Waals surface area (Å²) in [5, 5.41) is 3.00. The van der Waals surface area contributed by atoms with Crippen molar-refractivity contribution in [2.24, 2.45) is 17.6 Å². The van der Waals surface area contributed by atoms with Crippen LogP contribution in [0.25, 0.3) is 0 Å². The Balaban J connectivity index is 2.22. The third-order valence-electron chi connectivity index (χ3n) is 4.82. The van der Waals surface area contributed by atoms with Crippen LogP contribution in [0.1, 0.15) is 52.9 Å². The zero-order valence-corrected chi connectivity index (χ0v) is 12.9. The van der Waals surface area contributed by atoms with Crippen molar-refractivity contribution in [1.29, 1.82) is 0 Å². The first-order valence-corrected chi connectivity index (χ1v) is 7.49. The zero-order chi connectivity index (χ0) is 14.5. The topological polar surface area (TPSA) is 64.3 Å². The summed E-state index contributed by atoms with van der Waals surface area (Å²) in [5.41, 5.74) is 4.78. The van der Waals surface area contributed by atoms with Crippen molar-refractivity contribution >= 4 is 5.91 Å². The number of carbonyl (C=O) groups excluding carboxylic acids is 1. The highest BCUT2D eigenvalue weighted by Gasteiger charge is 2.29. The molecule has 0 spiro atoms. The molecule has 1 rings (SSSR count). The third-order valence-corrected chi connectivity index (χ3v) is 4.82. The van der Waals surface area contributed by atoms with E-state index in [0.717, 1.165) is 31.3 Å². The first-order valence-electron chi connectivity index (χ1n) is 7.49. The number of rotatable bonds is 7. The highest BCUT2D eigenvalue weighted by atomic mass is 16.5. The molecule has 0 aromatic carbocycles. The fraction of sp³-hybridized carbons (Fsp3) is 0.933. The fourth-order valence-electron chi connectivity index (χ4n) is 2.70. The number of nitrogens with two attached hydrogens (primary N) is 1. The van der Waals surface area contributed by atoms with E-state index in [0.29, 0.717) is 6.10 Å². The molecule has 3 N–H and O–H groups in total. The number of primary amides is 1. The van der Waals surface area contributed by atoms with Crippen molar-refractivity contribution < 1.29 is 9.53 Å². The summed E-state index contributed by atoms with van der Waals surface area (Å²) < 4.78 is 5.94. The van der Waals surface area contributed by atoms with E-state index in [1.165, 1.54) is 19.3 Å². The van der Waals surface area contributed by atoms with Gasteiger partial charge in [0.15, 0.2) is 0 Å². The molecular weight excluding hydrogens is 240 g/mol. The first-order chi connectivity index (χ1) is 8.89. The lowest BCUT2D eigenvalue weighted by molar-refractivity contribution is -0.124. The molecule has 0 aromatic rings. The van der Waals surface area contributed by atoms with Gasteiger partial charge in [0.25, 0.3) is 0 Å². The Morgan fingerprint density at radius 3 is 2.58 bits per heavy atom. The van der Waals surface area contributed by atoms with Gasteiger partial charge in [-0.05, 0) is 57.9 Å². The van der Waals surface area contributed by atoms with Gasteiger partial charge in [-0.2, -0.15) is 0 Å². The van der Waals surface area contributed by atoms with Gasteiger partial charge in [0, 0.05) is 6.61 Å². The predicted octanol–water partition coefficient (Wildman–Crippen LogP) is 2.07. The average Bonchev–Trinajstić information content (AvgIpc) is 2.38. The van der Waals surface area contributed by atoms with Crippen LogP contribution < -0.4 is 11.1 Å². The van der Waals surface area contributed by atoms with E-state index in [1.807, 2.05) is 6.92 Å². The van der Waals surface area contributed by atoms with E-state index in [9.17, 15) is 4.79 Å². The number of likely N-dealkylation sites (N-methyl/N-ethyl adjacent to an activating group) is 1. The Labute approximate surface area is 117 Å². The minimum absolute atomic E-state index is 0.296. The molecule has 1 aliphatic rings. The molecule has 1 amide bonds. The van der Waals surface area contributed by atoms with Crippen LogP contribution in [-0.4, -0.2) is 31.2 Å². The van der Waals surface area contributed by atoms with Crippen molar-refractivity contribution in [2.75, 3.05) is 13.7 Å². The molecule has 4 heteroatoms. The lowest BCUT2D eigenvalue weighted by Gasteiger charge is -2.32. The fourth-order valence-corrected chi connectivity index (χ4v) is 2.70. The minimum atomic E-state index is -0.613. The number of ether oxygens (including phenoxy) is 1. The monoisotopic (exact) mass is 270 g/mol. The Morgan fingerprint density at radius 1 is 1.37 bits per heavy atom. The average molecular weight is 270 g/mol. The van der Waals surface area contributed by atoms with Gasteiger partial charge in [0.2, 0.25) is 5.91 Å². The maximum Gasteiger partial charge on any atom is 0.237 e. The smallest absolute Gasteiger partial charge is 0.237 e. The van der Waals surface area contributed by atoms with Crippen molar-refractivity contribution in [1.82, 2.24) is 5.32 Å². The van der Waals surface area contributed by atoms with E-state index < -0.39 is 5.54 Å². The van der Waals surface area contributed by atoms with Gasteiger partial charge in [0.1, 0.15) is 0 Å². The molecule has 1 saturated carbocycles. The molecule has 0 aliphatic heterocycles. The van der Waals surface area contributed by atoms with Gasteiger partial charge in [-0.1, -0.05) is 13.8 Å². The molecule has 19 heavy (non-hydrogen) atoms. The van der Waals surface area contributed by atoms with E-state index in [2.05, 4.69) is 19.2 Å². The molecule has 1 aliphatic carbocycles. The van der Waals surface area contributed by atoms with Gasteiger partial charge in [-0.3, -0.25) is 4.79 Å². The summed E-state index contributed by atoms with van der Waals surface area (Å²) in [7, 11) is 1.77. The lowest BCUT2D eigenvalue weighted by Crippen LogP contribution is -2.51. The van der Waals surface area contributed by atoms with Crippen molar-refractivity contribution in [3.05, 3.63) is 0 Å². The molecule has 4 atom stereocenters. The van der Waals surface area contributed by atoms with Gasteiger partial charge >= 0.3 is 0 Å². The summed E-state index contributed by atoms with van der Waals surface area (Å²) in [6.07, 6.45) is 5.59. The number of hydrogen-bond donors (Lipinski definition) is 2. The Bertz CT molecular complexity index is 296. The highest BCUT2D eigenvalue weighted by Crippen LogP contribution is 2.31. The van der Waals surface area contributed by atoms with Crippen LogP contribution in [-0.2, 0) is 9.53 Å². The predicted molar refractivity (Wildman–Crippen MR) is 77.8 cm³/mol. The summed E-state index contributed by atoms with van der Waals surface area (Å²) in [4.78, 5) is 11.3. The molecule has 112 valence electrons. The van der Waals surface area contributed by atoms with Gasteiger partial charge in [-0.15, -0.1) is 0 Å². The van der Waals surface area contributed by atoms with E-state index in [-0.39, 0.29) is 5.91 Å². The molecule has 0 aromatic heterocycles. The van der Waals surface area contributed by atoms with Crippen molar-refractivity contribution in [3.8, 4) is 0 Å². The van der Waals surface area contributed by atoms with E-state index in [1.54, 1.807) is 7.05 Å². The maximum atomic E-state index is 11.3. The minimum Gasteiger partial charge on any atom is -0.378 e. The molecular formula is C15H30N2O2. The maximum absolute atomic E-state index is 11.3. The van der Waals surface area contributed by atoms with Crippen LogP contribution in [0, 0.1) is 11.8 Å². The first kappa shape index (κ1) is 16.4. The summed E-state index contributed by atoms with van der Waals surface area (Å²) >= 11 is 0. The number of carbonyl (C=O) groups is 1. The zero-order valence-electron chi connectivity index (χ0n) is 12.9. The van der Waals surface area contributed by atoms with Crippen LogP contribution in [0.3, 0.4) is 0 Å². The largest absolute Gasteiger partial charge is 0.378 e. The molecule has 0 bridgehead atoms. The molecule has 0 radical (unpaired) electrons. The molecule has 4 unspecified atom stereocenters. The lowest BCUT2D eigenvalue weighted by atomic mass is 9.80. The normalized spacial score (nSPS) is 30.8. The number of hydrogen-bond acceptors (Lipinski definition) is 3. The summed E-state index contributed by atoms with van der Waals surface area (Å²) in [5.74, 6) is 1.28. The van der Waals surface area contributed by atoms with Crippen molar-refractivity contribution in [3.63, 3.8) is 0 Å². The number of amides is 1. The van der Waals surface area contributed by atoms with Crippen LogP contribution in [0.15, 0.2) is 0 Å². The van der Waals surface area contributed by atoms with Gasteiger partial charge in [-0.25, -0.2) is 0 Å². The molecule has 4 nitrogen and oxygen atoms in total. The molecule has 0 saturated heterocycles. The van der Waals surface area contributed by atoms with Gasteiger partial charge < -0.3 is 15.8 Å². The van der Waals surface area contributed by atoms with Crippen LogP contribution in [0.2, 0.25) is 0 Å². The Hall–Kier alpha value is -0.610. The van der Waals surface area contributed by atoms with E-state index >= 15 is 0 Å². The van der Waals surface area contributed by atoms with E-state index in [4.69, 9.17) is 10.5 Å². The second kappa shape index (κ2) is 7.25. The van der Waals surface area contributed by atoms with Gasteiger partial charge in [0.05, 0.1) is 11.6 Å². The second-order valence-electron chi connectivity index (χ2n) is 6.31.